The van der Waals surface area contributed by atoms with E-state index >= 15 is 0 Å². The second kappa shape index (κ2) is 8.49. The fourth-order valence-electron chi connectivity index (χ4n) is 2.42. The zero-order valence-electron chi connectivity index (χ0n) is 14.1. The van der Waals surface area contributed by atoms with E-state index in [1.54, 1.807) is 7.11 Å². The quantitative estimate of drug-likeness (QED) is 0.488. The molecule has 0 aliphatic carbocycles. The smallest absolute Gasteiger partial charge is 0.277 e. The van der Waals surface area contributed by atoms with E-state index in [1.165, 1.54) is 6.21 Å². The number of hydrazone groups is 1. The minimum atomic E-state index is -0.344. The second-order valence-corrected chi connectivity index (χ2v) is 6.39. The summed E-state index contributed by atoms with van der Waals surface area (Å²) in [5, 5.41) is 6.13. The predicted molar refractivity (Wildman–Crippen MR) is 106 cm³/mol. The topological polar surface area (TPSA) is 59.9 Å². The molecule has 0 aliphatic rings. The number of benzene rings is 3. The highest BCUT2D eigenvalue weighted by Gasteiger charge is 2.04. The van der Waals surface area contributed by atoms with Crippen molar-refractivity contribution in [3.63, 3.8) is 0 Å². The number of nitrogens with zero attached hydrogens (tertiary/aromatic N) is 1. The zero-order valence-corrected chi connectivity index (χ0v) is 15.7. The van der Waals surface area contributed by atoms with Crippen molar-refractivity contribution in [2.45, 2.75) is 0 Å². The molecule has 3 aromatic rings. The van der Waals surface area contributed by atoms with Crippen molar-refractivity contribution < 1.29 is 14.3 Å². The van der Waals surface area contributed by atoms with Gasteiger partial charge in [-0.15, -0.1) is 0 Å². The molecular weight excluding hydrogens is 396 g/mol. The van der Waals surface area contributed by atoms with Crippen LogP contribution in [0.4, 0.5) is 0 Å². The van der Waals surface area contributed by atoms with E-state index in [0.717, 1.165) is 20.8 Å². The third-order valence-corrected chi connectivity index (χ3v) is 4.17. The minimum absolute atomic E-state index is 0.120. The molecule has 0 saturated heterocycles. The second-order valence-electron chi connectivity index (χ2n) is 5.48. The molecule has 0 atom stereocenters. The van der Waals surface area contributed by atoms with Gasteiger partial charge in [-0.3, -0.25) is 4.79 Å². The lowest BCUT2D eigenvalue weighted by Gasteiger charge is -2.07. The van der Waals surface area contributed by atoms with Crippen molar-refractivity contribution in [3.8, 4) is 11.5 Å². The van der Waals surface area contributed by atoms with Crippen LogP contribution in [0, 0.1) is 0 Å². The molecule has 0 spiro atoms. The molecule has 0 bridgehead atoms. The highest BCUT2D eigenvalue weighted by molar-refractivity contribution is 9.10. The molecule has 0 aliphatic heterocycles. The first-order valence-corrected chi connectivity index (χ1v) is 8.72. The van der Waals surface area contributed by atoms with Crippen LogP contribution in [0.1, 0.15) is 5.56 Å². The standard InChI is InChI=1S/C20H17BrN2O3/c1-25-19-9-7-17(21)10-16(19)12-22-23-20(24)13-26-18-8-6-14-4-2-3-5-15(14)11-18/h2-12H,13H2,1H3,(H,23,24). The van der Waals surface area contributed by atoms with Crippen molar-refractivity contribution in [3.05, 3.63) is 70.7 Å². The Labute approximate surface area is 159 Å². The number of hydrogen-bond donors (Lipinski definition) is 1. The molecule has 0 saturated carbocycles. The van der Waals surface area contributed by atoms with E-state index in [1.807, 2.05) is 60.7 Å². The largest absolute Gasteiger partial charge is 0.496 e. The summed E-state index contributed by atoms with van der Waals surface area (Å²) >= 11 is 3.39. The SMILES string of the molecule is COc1ccc(Br)cc1C=NNC(=O)COc1ccc2ccccc2c1. The van der Waals surface area contributed by atoms with Crippen LogP contribution in [0.5, 0.6) is 11.5 Å². The van der Waals surface area contributed by atoms with Gasteiger partial charge >= 0.3 is 0 Å². The third-order valence-electron chi connectivity index (χ3n) is 3.68. The number of fused-ring (bicyclic) bond motifs is 1. The van der Waals surface area contributed by atoms with Crippen LogP contribution in [-0.4, -0.2) is 25.8 Å². The first-order valence-electron chi connectivity index (χ1n) is 7.93. The number of hydrogen-bond acceptors (Lipinski definition) is 4. The van der Waals surface area contributed by atoms with Gasteiger partial charge in [-0.2, -0.15) is 5.10 Å². The summed E-state index contributed by atoms with van der Waals surface area (Å²) in [5.74, 6) is 0.957. The molecule has 26 heavy (non-hydrogen) atoms. The van der Waals surface area contributed by atoms with E-state index in [2.05, 4.69) is 26.5 Å². The highest BCUT2D eigenvalue weighted by atomic mass is 79.9. The maximum atomic E-state index is 11.9. The Morgan fingerprint density at radius 1 is 1.12 bits per heavy atom. The molecule has 1 N–H and O–H groups in total. The van der Waals surface area contributed by atoms with Crippen LogP contribution < -0.4 is 14.9 Å². The summed E-state index contributed by atoms with van der Waals surface area (Å²) in [6, 6.07) is 19.2. The number of amides is 1. The molecule has 5 nitrogen and oxygen atoms in total. The van der Waals surface area contributed by atoms with Crippen molar-refractivity contribution in [1.29, 1.82) is 0 Å². The summed E-state index contributed by atoms with van der Waals surface area (Å²) in [4.78, 5) is 11.9. The maximum Gasteiger partial charge on any atom is 0.277 e. The van der Waals surface area contributed by atoms with E-state index in [0.29, 0.717) is 11.5 Å². The van der Waals surface area contributed by atoms with Gasteiger partial charge in [0.1, 0.15) is 11.5 Å². The lowest BCUT2D eigenvalue weighted by atomic mass is 10.1. The Hall–Kier alpha value is -2.86. The number of nitrogens with one attached hydrogen (secondary N) is 1. The lowest BCUT2D eigenvalue weighted by molar-refractivity contribution is -0.123. The normalized spacial score (nSPS) is 10.8. The Morgan fingerprint density at radius 2 is 1.92 bits per heavy atom. The van der Waals surface area contributed by atoms with Gasteiger partial charge in [-0.05, 0) is 41.1 Å². The van der Waals surface area contributed by atoms with E-state index in [9.17, 15) is 4.79 Å². The predicted octanol–water partition coefficient (Wildman–Crippen LogP) is 4.14. The minimum Gasteiger partial charge on any atom is -0.496 e. The Bertz CT molecular complexity index is 957. The average molecular weight is 413 g/mol. The van der Waals surface area contributed by atoms with Crippen LogP contribution in [0.3, 0.4) is 0 Å². The monoisotopic (exact) mass is 412 g/mol. The van der Waals surface area contributed by atoms with Crippen LogP contribution in [-0.2, 0) is 4.79 Å². The van der Waals surface area contributed by atoms with Gasteiger partial charge in [0.05, 0.1) is 13.3 Å². The van der Waals surface area contributed by atoms with Gasteiger partial charge in [-0.1, -0.05) is 46.3 Å². The summed E-state index contributed by atoms with van der Waals surface area (Å²) in [5.41, 5.74) is 3.19. The van der Waals surface area contributed by atoms with Crippen molar-refractivity contribution >= 4 is 38.8 Å². The van der Waals surface area contributed by atoms with Gasteiger partial charge in [0.25, 0.3) is 5.91 Å². The molecule has 0 aromatic heterocycles. The molecule has 0 unspecified atom stereocenters. The molecule has 0 heterocycles. The zero-order chi connectivity index (χ0) is 18.4. The van der Waals surface area contributed by atoms with Gasteiger partial charge in [0, 0.05) is 10.0 Å². The molecule has 3 aromatic carbocycles. The first-order chi connectivity index (χ1) is 12.7. The molecule has 132 valence electrons. The van der Waals surface area contributed by atoms with Gasteiger partial charge in [-0.25, -0.2) is 5.43 Å². The first kappa shape index (κ1) is 17.9. The van der Waals surface area contributed by atoms with Gasteiger partial charge < -0.3 is 9.47 Å². The van der Waals surface area contributed by atoms with Crippen LogP contribution in [0.2, 0.25) is 0 Å². The molecule has 1 amide bonds. The number of carbonyl (C=O) groups excluding carboxylic acids is 1. The average Bonchev–Trinajstić information content (AvgIpc) is 2.66. The third kappa shape index (κ3) is 4.61. The van der Waals surface area contributed by atoms with Crippen LogP contribution in [0.25, 0.3) is 10.8 Å². The molecular formula is C20H17BrN2O3. The summed E-state index contributed by atoms with van der Waals surface area (Å²) in [6.07, 6.45) is 1.53. The van der Waals surface area contributed by atoms with E-state index in [4.69, 9.17) is 9.47 Å². The summed E-state index contributed by atoms with van der Waals surface area (Å²) in [7, 11) is 1.58. The molecule has 0 fully saturated rings. The van der Waals surface area contributed by atoms with Crippen LogP contribution >= 0.6 is 15.9 Å². The Kier molecular flexibility index (Phi) is 5.86. The fourth-order valence-corrected chi connectivity index (χ4v) is 2.80. The van der Waals surface area contributed by atoms with E-state index in [-0.39, 0.29) is 12.5 Å². The molecule has 3 rings (SSSR count). The van der Waals surface area contributed by atoms with Gasteiger partial charge in [0.2, 0.25) is 0 Å². The Morgan fingerprint density at radius 3 is 2.73 bits per heavy atom. The molecule has 0 radical (unpaired) electrons. The Balaban J connectivity index is 1.56. The fraction of sp³-hybridized carbons (Fsp3) is 0.100. The van der Waals surface area contributed by atoms with Gasteiger partial charge in [0.15, 0.2) is 6.61 Å². The number of rotatable bonds is 6. The highest BCUT2D eigenvalue weighted by Crippen LogP contribution is 2.21. The van der Waals surface area contributed by atoms with Crippen LogP contribution in [0.15, 0.2) is 70.2 Å². The maximum absolute atomic E-state index is 11.9. The van der Waals surface area contributed by atoms with E-state index < -0.39 is 0 Å². The van der Waals surface area contributed by atoms with Crippen molar-refractivity contribution in [1.82, 2.24) is 5.43 Å². The van der Waals surface area contributed by atoms with Crippen molar-refractivity contribution in [2.75, 3.05) is 13.7 Å². The van der Waals surface area contributed by atoms with Crippen molar-refractivity contribution in [2.24, 2.45) is 5.10 Å². The summed E-state index contributed by atoms with van der Waals surface area (Å²) < 4.78 is 11.7. The summed E-state index contributed by atoms with van der Waals surface area (Å²) in [6.45, 7) is -0.120. The lowest BCUT2D eigenvalue weighted by Crippen LogP contribution is -2.24. The number of methoxy groups -OCH3 is 1. The molecule has 6 heteroatoms. The number of carbonyl (C=O) groups is 1. The number of halogens is 1. The number of ether oxygens (including phenoxy) is 2.